The Morgan fingerprint density at radius 1 is 0.889 bits per heavy atom. The molecular formula is C23H24N2O2. The topological polar surface area (TPSA) is 43.7 Å². The van der Waals surface area contributed by atoms with E-state index in [9.17, 15) is 0 Å². The lowest BCUT2D eigenvalue weighted by atomic mass is 10.1. The van der Waals surface area contributed by atoms with Crippen molar-refractivity contribution in [1.82, 2.24) is 4.98 Å². The number of benzene rings is 2. The highest BCUT2D eigenvalue weighted by molar-refractivity contribution is 5.82. The molecule has 0 N–H and O–H groups in total. The molecule has 0 spiro atoms. The van der Waals surface area contributed by atoms with Gasteiger partial charge in [-0.15, -0.1) is 0 Å². The standard InChI is InChI=1S/C23H24N2O2/c1-15-11-16(2)23(17(3)12-15)24-14-18-7-6-8-21(25-18)20-10-9-19(26-4)13-22(20)27-5/h6-14H,1-5H3. The van der Waals surface area contributed by atoms with Crippen molar-refractivity contribution in [1.29, 1.82) is 0 Å². The van der Waals surface area contributed by atoms with Gasteiger partial charge in [0, 0.05) is 11.6 Å². The maximum atomic E-state index is 5.50. The number of hydrogen-bond acceptors (Lipinski definition) is 4. The van der Waals surface area contributed by atoms with Crippen LogP contribution in [0.5, 0.6) is 11.5 Å². The van der Waals surface area contributed by atoms with Crippen LogP contribution in [0, 0.1) is 20.8 Å². The highest BCUT2D eigenvalue weighted by atomic mass is 16.5. The lowest BCUT2D eigenvalue weighted by Gasteiger charge is -2.10. The summed E-state index contributed by atoms with van der Waals surface area (Å²) in [5.74, 6) is 1.47. The number of aliphatic imine (C=N–C) groups is 1. The molecule has 0 saturated carbocycles. The van der Waals surface area contributed by atoms with Gasteiger partial charge in [0.25, 0.3) is 0 Å². The second kappa shape index (κ2) is 8.04. The molecule has 0 atom stereocenters. The molecule has 1 heterocycles. The Morgan fingerprint density at radius 2 is 1.63 bits per heavy atom. The average molecular weight is 360 g/mol. The molecule has 0 radical (unpaired) electrons. The van der Waals surface area contributed by atoms with Gasteiger partial charge in [0.05, 0.1) is 37.5 Å². The summed E-state index contributed by atoms with van der Waals surface area (Å²) in [7, 11) is 3.28. The van der Waals surface area contributed by atoms with E-state index in [0.29, 0.717) is 0 Å². The van der Waals surface area contributed by atoms with Crippen LogP contribution in [0.3, 0.4) is 0 Å². The van der Waals surface area contributed by atoms with Crippen molar-refractivity contribution in [2.75, 3.05) is 14.2 Å². The molecular weight excluding hydrogens is 336 g/mol. The predicted molar refractivity (Wildman–Crippen MR) is 111 cm³/mol. The van der Waals surface area contributed by atoms with Crippen molar-refractivity contribution < 1.29 is 9.47 Å². The second-order valence-corrected chi connectivity index (χ2v) is 6.52. The Hall–Kier alpha value is -3.14. The van der Waals surface area contributed by atoms with Gasteiger partial charge in [-0.2, -0.15) is 0 Å². The van der Waals surface area contributed by atoms with E-state index >= 15 is 0 Å². The van der Waals surface area contributed by atoms with Crippen LogP contribution < -0.4 is 9.47 Å². The van der Waals surface area contributed by atoms with Gasteiger partial charge in [-0.25, -0.2) is 4.98 Å². The molecule has 3 rings (SSSR count). The summed E-state index contributed by atoms with van der Waals surface area (Å²) in [6, 6.07) is 15.9. The summed E-state index contributed by atoms with van der Waals surface area (Å²) in [6.07, 6.45) is 1.81. The molecule has 0 unspecified atom stereocenters. The van der Waals surface area contributed by atoms with E-state index in [4.69, 9.17) is 14.5 Å². The molecule has 1 aromatic heterocycles. The van der Waals surface area contributed by atoms with Gasteiger partial charge >= 0.3 is 0 Å². The lowest BCUT2D eigenvalue weighted by Crippen LogP contribution is -1.94. The summed E-state index contributed by atoms with van der Waals surface area (Å²) in [4.78, 5) is 9.41. The van der Waals surface area contributed by atoms with E-state index in [0.717, 1.165) is 45.3 Å². The second-order valence-electron chi connectivity index (χ2n) is 6.52. The number of hydrogen-bond donors (Lipinski definition) is 0. The van der Waals surface area contributed by atoms with Crippen LogP contribution in [0.25, 0.3) is 11.3 Å². The Morgan fingerprint density at radius 3 is 2.30 bits per heavy atom. The third-order valence-electron chi connectivity index (χ3n) is 4.42. The predicted octanol–water partition coefficient (Wildman–Crippen LogP) is 5.44. The smallest absolute Gasteiger partial charge is 0.131 e. The van der Waals surface area contributed by atoms with Crippen LogP contribution in [0.4, 0.5) is 5.69 Å². The fraction of sp³-hybridized carbons (Fsp3) is 0.217. The third-order valence-corrected chi connectivity index (χ3v) is 4.42. The Bertz CT molecular complexity index is 970. The Labute approximate surface area is 160 Å². The number of methoxy groups -OCH3 is 2. The molecule has 2 aromatic carbocycles. The van der Waals surface area contributed by atoms with Gasteiger partial charge in [0.15, 0.2) is 0 Å². The number of aryl methyl sites for hydroxylation is 3. The minimum atomic E-state index is 0.723. The average Bonchev–Trinajstić information content (AvgIpc) is 2.66. The normalized spacial score (nSPS) is 11.0. The van der Waals surface area contributed by atoms with E-state index in [2.05, 4.69) is 37.9 Å². The van der Waals surface area contributed by atoms with Crippen molar-refractivity contribution in [3.05, 3.63) is 70.9 Å². The zero-order chi connectivity index (χ0) is 19.4. The minimum absolute atomic E-state index is 0.723. The molecule has 3 aromatic rings. The first-order chi connectivity index (χ1) is 13.0. The molecule has 0 aliphatic heterocycles. The minimum Gasteiger partial charge on any atom is -0.497 e. The first-order valence-electron chi connectivity index (χ1n) is 8.83. The fourth-order valence-electron chi connectivity index (χ4n) is 3.19. The Kier molecular flexibility index (Phi) is 5.55. The maximum absolute atomic E-state index is 5.50. The van der Waals surface area contributed by atoms with Gasteiger partial charge in [0.1, 0.15) is 11.5 Å². The summed E-state index contributed by atoms with van der Waals surface area (Å²) < 4.78 is 10.8. The number of ether oxygens (including phenoxy) is 2. The number of nitrogens with zero attached hydrogens (tertiary/aromatic N) is 2. The number of aromatic nitrogens is 1. The molecule has 0 saturated heterocycles. The number of rotatable bonds is 5. The molecule has 4 heteroatoms. The van der Waals surface area contributed by atoms with Gasteiger partial charge < -0.3 is 9.47 Å². The molecule has 0 fully saturated rings. The van der Waals surface area contributed by atoms with Crippen LogP contribution in [-0.2, 0) is 0 Å². The largest absolute Gasteiger partial charge is 0.497 e. The summed E-state index contributed by atoms with van der Waals surface area (Å²) in [6.45, 7) is 6.26. The molecule has 0 bridgehead atoms. The number of pyridine rings is 1. The molecule has 0 aliphatic carbocycles. The van der Waals surface area contributed by atoms with Crippen LogP contribution >= 0.6 is 0 Å². The van der Waals surface area contributed by atoms with Gasteiger partial charge in [0.2, 0.25) is 0 Å². The zero-order valence-corrected chi connectivity index (χ0v) is 16.4. The first kappa shape index (κ1) is 18.6. The van der Waals surface area contributed by atoms with Gasteiger partial charge in [-0.05, 0) is 56.2 Å². The fourth-order valence-corrected chi connectivity index (χ4v) is 3.19. The van der Waals surface area contributed by atoms with Crippen molar-refractivity contribution in [3.8, 4) is 22.8 Å². The molecule has 138 valence electrons. The molecule has 0 aliphatic rings. The quantitative estimate of drug-likeness (QED) is 0.569. The maximum Gasteiger partial charge on any atom is 0.131 e. The van der Waals surface area contributed by atoms with Crippen LogP contribution in [0.15, 0.2) is 53.5 Å². The van der Waals surface area contributed by atoms with E-state index in [1.54, 1.807) is 14.2 Å². The highest BCUT2D eigenvalue weighted by Crippen LogP contribution is 2.32. The van der Waals surface area contributed by atoms with Crippen molar-refractivity contribution in [2.45, 2.75) is 20.8 Å². The van der Waals surface area contributed by atoms with Crippen LogP contribution in [-0.4, -0.2) is 25.4 Å². The van der Waals surface area contributed by atoms with Crippen molar-refractivity contribution in [3.63, 3.8) is 0 Å². The molecule has 4 nitrogen and oxygen atoms in total. The first-order valence-corrected chi connectivity index (χ1v) is 8.83. The lowest BCUT2D eigenvalue weighted by molar-refractivity contribution is 0.395. The van der Waals surface area contributed by atoms with Gasteiger partial charge in [-0.3, -0.25) is 4.99 Å². The molecule has 0 amide bonds. The monoisotopic (exact) mass is 360 g/mol. The molecule has 27 heavy (non-hydrogen) atoms. The zero-order valence-electron chi connectivity index (χ0n) is 16.4. The SMILES string of the molecule is COc1ccc(-c2cccc(C=Nc3c(C)cc(C)cc3C)n2)c(OC)c1. The van der Waals surface area contributed by atoms with Crippen LogP contribution in [0.1, 0.15) is 22.4 Å². The van der Waals surface area contributed by atoms with Crippen molar-refractivity contribution >= 4 is 11.9 Å². The van der Waals surface area contributed by atoms with E-state index in [1.807, 2.05) is 42.6 Å². The van der Waals surface area contributed by atoms with Crippen molar-refractivity contribution in [2.24, 2.45) is 4.99 Å². The summed E-state index contributed by atoms with van der Waals surface area (Å²) in [5.41, 5.74) is 7.11. The van der Waals surface area contributed by atoms with E-state index in [1.165, 1.54) is 5.56 Å². The van der Waals surface area contributed by atoms with Gasteiger partial charge in [-0.1, -0.05) is 23.8 Å². The van der Waals surface area contributed by atoms with E-state index in [-0.39, 0.29) is 0 Å². The summed E-state index contributed by atoms with van der Waals surface area (Å²) in [5, 5.41) is 0. The summed E-state index contributed by atoms with van der Waals surface area (Å²) >= 11 is 0. The third kappa shape index (κ3) is 4.17. The highest BCUT2D eigenvalue weighted by Gasteiger charge is 2.09. The van der Waals surface area contributed by atoms with E-state index < -0.39 is 0 Å². The van der Waals surface area contributed by atoms with Crippen LogP contribution in [0.2, 0.25) is 0 Å². The Balaban J connectivity index is 1.95.